The van der Waals surface area contributed by atoms with Crippen molar-refractivity contribution in [3.05, 3.63) is 59.4 Å². The maximum atomic E-state index is 12.8. The van der Waals surface area contributed by atoms with E-state index in [4.69, 9.17) is 5.73 Å². The van der Waals surface area contributed by atoms with E-state index in [1.165, 1.54) is 36.2 Å². The molecule has 3 nitrogen and oxygen atoms in total. The highest BCUT2D eigenvalue weighted by Gasteiger charge is 2.14. The molecule has 1 aliphatic rings. The summed E-state index contributed by atoms with van der Waals surface area (Å²) in [4.78, 5) is 2.38. The molecule has 24 heavy (non-hydrogen) atoms. The van der Waals surface area contributed by atoms with E-state index < -0.39 is 0 Å². The maximum Gasteiger partial charge on any atom is 0.123 e. The summed E-state index contributed by atoms with van der Waals surface area (Å²) in [6.07, 6.45) is 4.60. The molecule has 2 aromatic rings. The van der Waals surface area contributed by atoms with Gasteiger partial charge in [0, 0.05) is 19.6 Å². The van der Waals surface area contributed by atoms with Crippen molar-refractivity contribution in [2.45, 2.75) is 32.2 Å². The van der Waals surface area contributed by atoms with Crippen molar-refractivity contribution in [1.29, 1.82) is 0 Å². The third-order valence-electron chi connectivity index (χ3n) is 4.60. The number of aryl methyl sites for hydroxylation is 1. The summed E-state index contributed by atoms with van der Waals surface area (Å²) < 4.78 is 12.8. The SMILES string of the molecule is Nc1cc(CCCNCc2ccc(F)cc2)ccc1N1CCCC1. The van der Waals surface area contributed by atoms with Crippen molar-refractivity contribution in [1.82, 2.24) is 5.32 Å². The monoisotopic (exact) mass is 327 g/mol. The van der Waals surface area contributed by atoms with Crippen LogP contribution in [0.4, 0.5) is 15.8 Å². The number of nitrogens with two attached hydrogens (primary N) is 1. The van der Waals surface area contributed by atoms with Crippen molar-refractivity contribution in [3.8, 4) is 0 Å². The number of nitrogens with one attached hydrogen (secondary N) is 1. The second-order valence-electron chi connectivity index (χ2n) is 6.49. The standard InChI is InChI=1S/C20H26FN3/c21-18-8-5-17(6-9-18)15-23-11-3-4-16-7-10-20(19(22)14-16)24-12-1-2-13-24/h5-10,14,23H,1-4,11-13,15,22H2. The van der Waals surface area contributed by atoms with Crippen LogP contribution in [-0.4, -0.2) is 19.6 Å². The van der Waals surface area contributed by atoms with Gasteiger partial charge in [-0.15, -0.1) is 0 Å². The van der Waals surface area contributed by atoms with Crippen LogP contribution in [0.3, 0.4) is 0 Å². The number of nitrogens with zero attached hydrogens (tertiary/aromatic N) is 1. The first kappa shape index (κ1) is 16.8. The fourth-order valence-corrected chi connectivity index (χ4v) is 3.26. The molecule has 0 bridgehead atoms. The van der Waals surface area contributed by atoms with Crippen LogP contribution in [0.2, 0.25) is 0 Å². The van der Waals surface area contributed by atoms with Gasteiger partial charge in [-0.1, -0.05) is 18.2 Å². The normalized spacial score (nSPS) is 14.3. The minimum absolute atomic E-state index is 0.186. The second-order valence-corrected chi connectivity index (χ2v) is 6.49. The smallest absolute Gasteiger partial charge is 0.123 e. The van der Waals surface area contributed by atoms with Gasteiger partial charge in [-0.25, -0.2) is 4.39 Å². The molecule has 1 aliphatic heterocycles. The molecule has 3 N–H and O–H groups in total. The minimum Gasteiger partial charge on any atom is -0.397 e. The van der Waals surface area contributed by atoms with Gasteiger partial charge in [-0.05, 0) is 67.6 Å². The zero-order valence-electron chi connectivity index (χ0n) is 14.1. The van der Waals surface area contributed by atoms with Gasteiger partial charge in [0.2, 0.25) is 0 Å². The van der Waals surface area contributed by atoms with Crippen LogP contribution in [0, 0.1) is 5.82 Å². The highest BCUT2D eigenvalue weighted by Crippen LogP contribution is 2.27. The molecule has 1 heterocycles. The Bertz CT molecular complexity index is 648. The van der Waals surface area contributed by atoms with Gasteiger partial charge in [0.05, 0.1) is 11.4 Å². The van der Waals surface area contributed by atoms with Crippen LogP contribution >= 0.6 is 0 Å². The molecule has 0 saturated carbocycles. The Labute approximate surface area is 143 Å². The molecule has 1 saturated heterocycles. The first-order valence-electron chi connectivity index (χ1n) is 8.81. The molecule has 3 rings (SSSR count). The zero-order valence-corrected chi connectivity index (χ0v) is 14.1. The molecular formula is C20H26FN3. The molecule has 1 fully saturated rings. The predicted molar refractivity (Wildman–Crippen MR) is 98.7 cm³/mol. The van der Waals surface area contributed by atoms with Crippen molar-refractivity contribution >= 4 is 11.4 Å². The molecular weight excluding hydrogens is 301 g/mol. The topological polar surface area (TPSA) is 41.3 Å². The summed E-state index contributed by atoms with van der Waals surface area (Å²) in [6.45, 7) is 3.95. The lowest BCUT2D eigenvalue weighted by Crippen LogP contribution is -2.19. The predicted octanol–water partition coefficient (Wildman–Crippen LogP) is 3.73. The molecule has 0 amide bonds. The summed E-state index contributed by atoms with van der Waals surface area (Å²) in [5.41, 5.74) is 10.7. The van der Waals surface area contributed by atoms with Gasteiger partial charge < -0.3 is 16.0 Å². The Morgan fingerprint density at radius 3 is 2.42 bits per heavy atom. The lowest BCUT2D eigenvalue weighted by molar-refractivity contribution is 0.622. The number of halogens is 1. The Morgan fingerprint density at radius 2 is 1.71 bits per heavy atom. The number of nitrogen functional groups attached to an aromatic ring is 1. The number of anilines is 2. The van der Waals surface area contributed by atoms with Crippen molar-refractivity contribution in [2.75, 3.05) is 30.3 Å². The molecule has 0 aromatic heterocycles. The Morgan fingerprint density at radius 1 is 1.00 bits per heavy atom. The summed E-state index contributed by atoms with van der Waals surface area (Å²) in [5, 5.41) is 3.40. The average Bonchev–Trinajstić information content (AvgIpc) is 3.10. The third-order valence-corrected chi connectivity index (χ3v) is 4.60. The summed E-state index contributed by atoms with van der Waals surface area (Å²) in [6, 6.07) is 13.1. The van der Waals surface area contributed by atoms with Crippen molar-refractivity contribution in [3.63, 3.8) is 0 Å². The zero-order chi connectivity index (χ0) is 16.8. The number of hydrogen-bond acceptors (Lipinski definition) is 3. The van der Waals surface area contributed by atoms with E-state index in [-0.39, 0.29) is 5.82 Å². The summed E-state index contributed by atoms with van der Waals surface area (Å²) in [5.74, 6) is -0.186. The molecule has 4 heteroatoms. The molecule has 0 spiro atoms. The average molecular weight is 327 g/mol. The van der Waals surface area contributed by atoms with Gasteiger partial charge in [0.1, 0.15) is 5.82 Å². The van der Waals surface area contributed by atoms with Crippen LogP contribution in [0.5, 0.6) is 0 Å². The fraction of sp³-hybridized carbons (Fsp3) is 0.400. The van der Waals surface area contributed by atoms with E-state index in [2.05, 4.69) is 28.4 Å². The quantitative estimate of drug-likeness (QED) is 0.601. The first-order valence-corrected chi connectivity index (χ1v) is 8.81. The summed E-state index contributed by atoms with van der Waals surface area (Å²) in [7, 11) is 0. The molecule has 0 unspecified atom stereocenters. The molecule has 0 atom stereocenters. The van der Waals surface area contributed by atoms with Gasteiger partial charge in [-0.2, -0.15) is 0 Å². The van der Waals surface area contributed by atoms with E-state index >= 15 is 0 Å². The van der Waals surface area contributed by atoms with E-state index in [0.717, 1.165) is 50.3 Å². The van der Waals surface area contributed by atoms with Gasteiger partial charge in [-0.3, -0.25) is 0 Å². The van der Waals surface area contributed by atoms with Gasteiger partial charge in [0.15, 0.2) is 0 Å². The fourth-order valence-electron chi connectivity index (χ4n) is 3.26. The second kappa shape index (κ2) is 8.15. The van der Waals surface area contributed by atoms with E-state index in [1.54, 1.807) is 0 Å². The van der Waals surface area contributed by atoms with Crippen molar-refractivity contribution < 1.29 is 4.39 Å². The van der Waals surface area contributed by atoms with Crippen LogP contribution in [0.1, 0.15) is 30.4 Å². The van der Waals surface area contributed by atoms with Gasteiger partial charge >= 0.3 is 0 Å². The lowest BCUT2D eigenvalue weighted by atomic mass is 10.1. The van der Waals surface area contributed by atoms with E-state index in [1.807, 2.05) is 12.1 Å². The molecule has 2 aromatic carbocycles. The van der Waals surface area contributed by atoms with E-state index in [0.29, 0.717) is 0 Å². The lowest BCUT2D eigenvalue weighted by Gasteiger charge is -2.20. The van der Waals surface area contributed by atoms with Crippen LogP contribution in [-0.2, 0) is 13.0 Å². The maximum absolute atomic E-state index is 12.8. The molecule has 0 aliphatic carbocycles. The van der Waals surface area contributed by atoms with Crippen LogP contribution in [0.15, 0.2) is 42.5 Å². The minimum atomic E-state index is -0.186. The third kappa shape index (κ3) is 4.48. The first-order chi connectivity index (χ1) is 11.7. The Balaban J connectivity index is 1.41. The Kier molecular flexibility index (Phi) is 5.70. The Hall–Kier alpha value is -2.07. The largest absolute Gasteiger partial charge is 0.397 e. The highest BCUT2D eigenvalue weighted by molar-refractivity contribution is 5.68. The number of hydrogen-bond donors (Lipinski definition) is 2. The highest BCUT2D eigenvalue weighted by atomic mass is 19.1. The molecule has 128 valence electrons. The summed E-state index contributed by atoms with van der Waals surface area (Å²) >= 11 is 0. The van der Waals surface area contributed by atoms with Crippen LogP contribution in [0.25, 0.3) is 0 Å². The van der Waals surface area contributed by atoms with Crippen molar-refractivity contribution in [2.24, 2.45) is 0 Å². The van der Waals surface area contributed by atoms with Crippen LogP contribution < -0.4 is 16.0 Å². The number of rotatable bonds is 7. The van der Waals surface area contributed by atoms with E-state index in [9.17, 15) is 4.39 Å². The molecule has 0 radical (unpaired) electrons. The number of benzene rings is 2. The van der Waals surface area contributed by atoms with Gasteiger partial charge in [0.25, 0.3) is 0 Å².